The SMILES string of the molecule is Cc1ccc(C(=O)NCc2ccncc2)c(F)c1. The minimum Gasteiger partial charge on any atom is -0.348 e. The van der Waals surface area contributed by atoms with Gasteiger partial charge in [0.1, 0.15) is 5.82 Å². The van der Waals surface area contributed by atoms with Crippen molar-refractivity contribution in [2.24, 2.45) is 0 Å². The van der Waals surface area contributed by atoms with E-state index >= 15 is 0 Å². The van der Waals surface area contributed by atoms with E-state index in [0.717, 1.165) is 11.1 Å². The zero-order chi connectivity index (χ0) is 13.0. The van der Waals surface area contributed by atoms with Gasteiger partial charge >= 0.3 is 0 Å². The van der Waals surface area contributed by atoms with Crippen molar-refractivity contribution in [3.05, 3.63) is 65.2 Å². The third-order valence-corrected chi connectivity index (χ3v) is 2.57. The Balaban J connectivity index is 2.04. The van der Waals surface area contributed by atoms with Crippen molar-refractivity contribution in [3.8, 4) is 0 Å². The maximum Gasteiger partial charge on any atom is 0.254 e. The summed E-state index contributed by atoms with van der Waals surface area (Å²) >= 11 is 0. The number of aryl methyl sites for hydroxylation is 1. The highest BCUT2D eigenvalue weighted by Gasteiger charge is 2.10. The van der Waals surface area contributed by atoms with E-state index < -0.39 is 11.7 Å². The molecule has 18 heavy (non-hydrogen) atoms. The highest BCUT2D eigenvalue weighted by atomic mass is 19.1. The van der Waals surface area contributed by atoms with Crippen molar-refractivity contribution in [1.82, 2.24) is 10.3 Å². The number of amides is 1. The third kappa shape index (κ3) is 2.91. The molecule has 1 aromatic heterocycles. The zero-order valence-electron chi connectivity index (χ0n) is 9.98. The van der Waals surface area contributed by atoms with Gasteiger partial charge in [0, 0.05) is 18.9 Å². The van der Waals surface area contributed by atoms with E-state index in [2.05, 4.69) is 10.3 Å². The van der Waals surface area contributed by atoms with E-state index in [1.807, 2.05) is 0 Å². The van der Waals surface area contributed by atoms with Crippen LogP contribution in [0.15, 0.2) is 42.7 Å². The van der Waals surface area contributed by atoms with Crippen LogP contribution in [0.2, 0.25) is 0 Å². The molecule has 0 aliphatic rings. The van der Waals surface area contributed by atoms with Crippen molar-refractivity contribution in [3.63, 3.8) is 0 Å². The molecule has 0 bridgehead atoms. The maximum absolute atomic E-state index is 13.6. The number of hydrogen-bond acceptors (Lipinski definition) is 2. The van der Waals surface area contributed by atoms with Crippen LogP contribution in [-0.2, 0) is 6.54 Å². The van der Waals surface area contributed by atoms with Crippen molar-refractivity contribution in [1.29, 1.82) is 0 Å². The van der Waals surface area contributed by atoms with Gasteiger partial charge in [-0.2, -0.15) is 0 Å². The number of halogens is 1. The Morgan fingerprint density at radius 1 is 1.28 bits per heavy atom. The monoisotopic (exact) mass is 244 g/mol. The van der Waals surface area contributed by atoms with Crippen LogP contribution in [0.3, 0.4) is 0 Å². The average Bonchev–Trinajstić information content (AvgIpc) is 2.37. The molecule has 2 rings (SSSR count). The van der Waals surface area contributed by atoms with Gasteiger partial charge < -0.3 is 5.32 Å². The highest BCUT2D eigenvalue weighted by molar-refractivity contribution is 5.94. The van der Waals surface area contributed by atoms with E-state index in [0.29, 0.717) is 6.54 Å². The van der Waals surface area contributed by atoms with Crippen LogP contribution in [0, 0.1) is 12.7 Å². The van der Waals surface area contributed by atoms with E-state index in [-0.39, 0.29) is 5.56 Å². The van der Waals surface area contributed by atoms with Gasteiger partial charge in [0.05, 0.1) is 5.56 Å². The number of pyridine rings is 1. The Bertz CT molecular complexity index is 555. The van der Waals surface area contributed by atoms with Gasteiger partial charge in [-0.15, -0.1) is 0 Å². The van der Waals surface area contributed by atoms with Crippen LogP contribution in [0.4, 0.5) is 4.39 Å². The number of carbonyl (C=O) groups is 1. The predicted molar refractivity (Wildman–Crippen MR) is 66.5 cm³/mol. The molecule has 1 heterocycles. The predicted octanol–water partition coefficient (Wildman–Crippen LogP) is 2.46. The molecule has 4 heteroatoms. The molecule has 0 saturated carbocycles. The van der Waals surface area contributed by atoms with E-state index in [9.17, 15) is 9.18 Å². The first kappa shape index (κ1) is 12.2. The number of benzene rings is 1. The summed E-state index contributed by atoms with van der Waals surface area (Å²) in [5.41, 5.74) is 1.78. The molecule has 0 fully saturated rings. The fourth-order valence-corrected chi connectivity index (χ4v) is 1.58. The number of hydrogen-bond donors (Lipinski definition) is 1. The fraction of sp³-hybridized carbons (Fsp3) is 0.143. The number of nitrogens with one attached hydrogen (secondary N) is 1. The maximum atomic E-state index is 13.6. The second-order valence-corrected chi connectivity index (χ2v) is 4.02. The Morgan fingerprint density at radius 3 is 2.67 bits per heavy atom. The van der Waals surface area contributed by atoms with Gasteiger partial charge in [-0.3, -0.25) is 9.78 Å². The normalized spacial score (nSPS) is 10.1. The van der Waals surface area contributed by atoms with Gasteiger partial charge in [-0.1, -0.05) is 6.07 Å². The lowest BCUT2D eigenvalue weighted by atomic mass is 10.1. The number of carbonyl (C=O) groups excluding carboxylic acids is 1. The van der Waals surface area contributed by atoms with Crippen LogP contribution >= 0.6 is 0 Å². The molecule has 2 aromatic rings. The Labute approximate surface area is 105 Å². The Kier molecular flexibility index (Phi) is 3.67. The lowest BCUT2D eigenvalue weighted by Crippen LogP contribution is -2.23. The molecule has 3 nitrogen and oxygen atoms in total. The quantitative estimate of drug-likeness (QED) is 0.901. The van der Waals surface area contributed by atoms with E-state index in [4.69, 9.17) is 0 Å². The summed E-state index contributed by atoms with van der Waals surface area (Å²) in [7, 11) is 0. The molecule has 0 aliphatic carbocycles. The van der Waals surface area contributed by atoms with Gasteiger partial charge in [-0.05, 0) is 42.3 Å². The molecule has 0 spiro atoms. The average molecular weight is 244 g/mol. The van der Waals surface area contributed by atoms with Gasteiger partial charge in [0.15, 0.2) is 0 Å². The molecule has 1 N–H and O–H groups in total. The number of rotatable bonds is 3. The van der Waals surface area contributed by atoms with E-state index in [1.54, 1.807) is 37.5 Å². The van der Waals surface area contributed by atoms with Crippen LogP contribution in [0.1, 0.15) is 21.5 Å². The molecule has 92 valence electrons. The number of nitrogens with zero attached hydrogens (tertiary/aromatic N) is 1. The first-order valence-electron chi connectivity index (χ1n) is 5.60. The minimum absolute atomic E-state index is 0.0645. The first-order chi connectivity index (χ1) is 8.66. The topological polar surface area (TPSA) is 42.0 Å². The third-order valence-electron chi connectivity index (χ3n) is 2.57. The molecule has 0 atom stereocenters. The molecule has 0 saturated heterocycles. The summed E-state index contributed by atoms with van der Waals surface area (Å²) in [5.74, 6) is -0.911. The zero-order valence-corrected chi connectivity index (χ0v) is 9.98. The first-order valence-corrected chi connectivity index (χ1v) is 5.60. The standard InChI is InChI=1S/C14H13FN2O/c1-10-2-3-12(13(15)8-10)14(18)17-9-11-4-6-16-7-5-11/h2-8H,9H2,1H3,(H,17,18). The lowest BCUT2D eigenvalue weighted by molar-refractivity contribution is 0.0947. The second-order valence-electron chi connectivity index (χ2n) is 4.02. The van der Waals surface area contributed by atoms with Gasteiger partial charge in [-0.25, -0.2) is 4.39 Å². The Morgan fingerprint density at radius 2 is 2.00 bits per heavy atom. The van der Waals surface area contributed by atoms with Gasteiger partial charge in [0.25, 0.3) is 5.91 Å². The van der Waals surface area contributed by atoms with Crippen molar-refractivity contribution in [2.45, 2.75) is 13.5 Å². The van der Waals surface area contributed by atoms with E-state index in [1.165, 1.54) is 12.1 Å². The second kappa shape index (κ2) is 5.40. The van der Waals surface area contributed by atoms with Crippen molar-refractivity contribution >= 4 is 5.91 Å². The molecular weight excluding hydrogens is 231 g/mol. The summed E-state index contributed by atoms with van der Waals surface area (Å²) in [6, 6.07) is 8.15. The molecule has 0 unspecified atom stereocenters. The molecule has 0 aliphatic heterocycles. The van der Waals surface area contributed by atoms with Gasteiger partial charge in [0.2, 0.25) is 0 Å². The minimum atomic E-state index is -0.498. The smallest absolute Gasteiger partial charge is 0.254 e. The number of aromatic nitrogens is 1. The summed E-state index contributed by atoms with van der Waals surface area (Å²) in [6.45, 7) is 2.14. The molecule has 1 aromatic carbocycles. The molecular formula is C14H13FN2O. The van der Waals surface area contributed by atoms with Crippen LogP contribution in [0.5, 0.6) is 0 Å². The van der Waals surface area contributed by atoms with Crippen molar-refractivity contribution < 1.29 is 9.18 Å². The highest BCUT2D eigenvalue weighted by Crippen LogP contribution is 2.09. The lowest BCUT2D eigenvalue weighted by Gasteiger charge is -2.06. The molecule has 1 amide bonds. The summed E-state index contributed by atoms with van der Waals surface area (Å²) in [4.78, 5) is 15.7. The van der Waals surface area contributed by atoms with Crippen LogP contribution < -0.4 is 5.32 Å². The summed E-state index contributed by atoms with van der Waals surface area (Å²) in [6.07, 6.45) is 3.29. The van der Waals surface area contributed by atoms with Crippen LogP contribution in [-0.4, -0.2) is 10.9 Å². The van der Waals surface area contributed by atoms with Crippen molar-refractivity contribution in [2.75, 3.05) is 0 Å². The summed E-state index contributed by atoms with van der Waals surface area (Å²) < 4.78 is 13.6. The molecule has 0 radical (unpaired) electrons. The fourth-order valence-electron chi connectivity index (χ4n) is 1.58. The summed E-state index contributed by atoms with van der Waals surface area (Å²) in [5, 5.41) is 2.67. The Hall–Kier alpha value is -2.23. The largest absolute Gasteiger partial charge is 0.348 e. The van der Waals surface area contributed by atoms with Crippen LogP contribution in [0.25, 0.3) is 0 Å².